The van der Waals surface area contributed by atoms with Gasteiger partial charge >= 0.3 is 10.1 Å². The number of benzene rings is 1. The minimum Gasteiger partial charge on any atom is -0.382 e. The van der Waals surface area contributed by atoms with Gasteiger partial charge in [-0.1, -0.05) is 32.9 Å². The lowest BCUT2D eigenvalue weighted by atomic mass is 10.1. The molecule has 0 aliphatic rings. The number of rotatable bonds is 8. The van der Waals surface area contributed by atoms with Gasteiger partial charge in [-0.3, -0.25) is 4.79 Å². The second kappa shape index (κ2) is 8.51. The van der Waals surface area contributed by atoms with Crippen LogP contribution in [0.2, 0.25) is 0 Å². The van der Waals surface area contributed by atoms with Crippen LogP contribution >= 0.6 is 0 Å². The van der Waals surface area contributed by atoms with E-state index in [1.807, 2.05) is 25.7 Å². The predicted octanol–water partition coefficient (Wildman–Crippen LogP) is 3.59. The van der Waals surface area contributed by atoms with E-state index in [1.165, 1.54) is 0 Å². The molecule has 1 aromatic rings. The van der Waals surface area contributed by atoms with Gasteiger partial charge in [-0.05, 0) is 44.9 Å². The molecule has 0 aliphatic heterocycles. The van der Waals surface area contributed by atoms with Crippen molar-refractivity contribution in [2.45, 2.75) is 65.8 Å². The summed E-state index contributed by atoms with van der Waals surface area (Å²) in [5.41, 5.74) is 0.943. The molecule has 1 atom stereocenters. The number of carbonyl (C=O) groups excluding carboxylic acids is 1. The molecule has 0 radical (unpaired) electrons. The Labute approximate surface area is 146 Å². The van der Waals surface area contributed by atoms with Crippen LogP contribution in [0.15, 0.2) is 24.3 Å². The molecule has 0 aromatic heterocycles. The van der Waals surface area contributed by atoms with E-state index in [1.54, 1.807) is 38.1 Å². The zero-order chi connectivity index (χ0) is 18.5. The number of hydrogen-bond acceptors (Lipinski definition) is 4. The normalized spacial score (nSPS) is 13.2. The van der Waals surface area contributed by atoms with Gasteiger partial charge in [0.2, 0.25) is 5.91 Å². The number of carbonyl (C=O) groups is 1. The van der Waals surface area contributed by atoms with Crippen molar-refractivity contribution in [1.82, 2.24) is 4.90 Å². The summed E-state index contributed by atoms with van der Waals surface area (Å²) < 4.78 is 28.6. The maximum Gasteiger partial charge on any atom is 0.311 e. The molecule has 0 heterocycles. The standard InChI is InChI=1S/C18H29NO4S/c1-7-15(6)19(18(20)13(2)3)12-16-8-10-17(11-9-16)23-24(21,22)14(4)5/h8-11,13-15H,7,12H2,1-6H3/t15-/m1/s1. The highest BCUT2D eigenvalue weighted by Crippen LogP contribution is 2.19. The Kier molecular flexibility index (Phi) is 7.27. The SMILES string of the molecule is CC[C@@H](C)N(Cc1ccc(OS(=O)(=O)C(C)C)cc1)C(=O)C(C)C. The van der Waals surface area contributed by atoms with Gasteiger partial charge in [-0.25, -0.2) is 0 Å². The fraction of sp³-hybridized carbons (Fsp3) is 0.611. The van der Waals surface area contributed by atoms with Gasteiger partial charge in [0.1, 0.15) is 5.75 Å². The number of amides is 1. The summed E-state index contributed by atoms with van der Waals surface area (Å²) in [6.07, 6.45) is 0.881. The minimum absolute atomic E-state index is 0.0576. The van der Waals surface area contributed by atoms with Gasteiger partial charge in [-0.2, -0.15) is 8.42 Å². The molecular weight excluding hydrogens is 326 g/mol. The summed E-state index contributed by atoms with van der Waals surface area (Å²) in [5, 5.41) is -0.596. The van der Waals surface area contributed by atoms with Crippen molar-refractivity contribution in [2.75, 3.05) is 0 Å². The van der Waals surface area contributed by atoms with Crippen LogP contribution < -0.4 is 4.18 Å². The van der Waals surface area contributed by atoms with Crippen molar-refractivity contribution in [2.24, 2.45) is 5.92 Å². The Morgan fingerprint density at radius 3 is 2.04 bits per heavy atom. The Morgan fingerprint density at radius 2 is 1.62 bits per heavy atom. The Hall–Kier alpha value is -1.56. The lowest BCUT2D eigenvalue weighted by molar-refractivity contribution is -0.137. The zero-order valence-corrected chi connectivity index (χ0v) is 16.3. The Balaban J connectivity index is 2.89. The topological polar surface area (TPSA) is 63.7 Å². The molecule has 0 spiro atoms. The first-order chi connectivity index (χ1) is 11.1. The van der Waals surface area contributed by atoms with E-state index in [0.29, 0.717) is 6.54 Å². The molecule has 5 nitrogen and oxygen atoms in total. The van der Waals surface area contributed by atoms with Gasteiger partial charge in [0.25, 0.3) is 0 Å². The summed E-state index contributed by atoms with van der Waals surface area (Å²) in [6, 6.07) is 7.01. The van der Waals surface area contributed by atoms with Gasteiger partial charge < -0.3 is 9.08 Å². The fourth-order valence-electron chi connectivity index (χ4n) is 2.08. The highest BCUT2D eigenvalue weighted by molar-refractivity contribution is 7.87. The molecule has 0 saturated carbocycles. The molecular formula is C18H29NO4S. The average Bonchev–Trinajstić information content (AvgIpc) is 2.52. The van der Waals surface area contributed by atoms with Crippen LogP contribution in [0.1, 0.15) is 53.5 Å². The summed E-state index contributed by atoms with van der Waals surface area (Å²) in [7, 11) is -3.59. The molecule has 6 heteroatoms. The minimum atomic E-state index is -3.59. The van der Waals surface area contributed by atoms with Crippen molar-refractivity contribution in [1.29, 1.82) is 0 Å². The zero-order valence-electron chi connectivity index (χ0n) is 15.4. The molecule has 0 fully saturated rings. The first-order valence-corrected chi connectivity index (χ1v) is 9.88. The molecule has 136 valence electrons. The molecule has 1 amide bonds. The van der Waals surface area contributed by atoms with Crippen LogP contribution in [0, 0.1) is 5.92 Å². The van der Waals surface area contributed by atoms with E-state index >= 15 is 0 Å². The monoisotopic (exact) mass is 355 g/mol. The largest absolute Gasteiger partial charge is 0.382 e. The third-order valence-electron chi connectivity index (χ3n) is 3.97. The van der Waals surface area contributed by atoms with Crippen molar-refractivity contribution in [3.8, 4) is 5.75 Å². The maximum atomic E-state index is 12.4. The molecule has 0 aliphatic carbocycles. The third-order valence-corrected chi connectivity index (χ3v) is 5.55. The molecule has 0 unspecified atom stereocenters. The second-order valence-corrected chi connectivity index (χ2v) is 8.74. The van der Waals surface area contributed by atoms with E-state index < -0.39 is 15.4 Å². The smallest absolute Gasteiger partial charge is 0.311 e. The van der Waals surface area contributed by atoms with Gasteiger partial charge in [0.05, 0.1) is 5.25 Å². The molecule has 0 saturated heterocycles. The molecule has 0 bridgehead atoms. The van der Waals surface area contributed by atoms with Crippen LogP contribution in [0.25, 0.3) is 0 Å². The quantitative estimate of drug-likeness (QED) is 0.669. The van der Waals surface area contributed by atoms with Crippen molar-refractivity contribution >= 4 is 16.0 Å². The second-order valence-electron chi connectivity index (χ2n) is 6.65. The van der Waals surface area contributed by atoms with Crippen LogP contribution in [-0.4, -0.2) is 30.5 Å². The van der Waals surface area contributed by atoms with Gasteiger partial charge in [0, 0.05) is 18.5 Å². The fourth-order valence-corrected chi connectivity index (χ4v) is 2.65. The van der Waals surface area contributed by atoms with E-state index in [-0.39, 0.29) is 23.6 Å². The summed E-state index contributed by atoms with van der Waals surface area (Å²) in [5.74, 6) is 0.350. The van der Waals surface area contributed by atoms with Crippen molar-refractivity contribution in [3.05, 3.63) is 29.8 Å². The molecule has 1 rings (SSSR count). The lowest BCUT2D eigenvalue weighted by Crippen LogP contribution is -2.40. The third kappa shape index (κ3) is 5.51. The number of nitrogens with zero attached hydrogens (tertiary/aromatic N) is 1. The Morgan fingerprint density at radius 1 is 1.08 bits per heavy atom. The Bertz CT molecular complexity index is 635. The molecule has 0 N–H and O–H groups in total. The van der Waals surface area contributed by atoms with Gasteiger partial charge in [0.15, 0.2) is 0 Å². The van der Waals surface area contributed by atoms with E-state index in [0.717, 1.165) is 12.0 Å². The van der Waals surface area contributed by atoms with Crippen LogP contribution in [0.3, 0.4) is 0 Å². The summed E-state index contributed by atoms with van der Waals surface area (Å²) >= 11 is 0. The maximum absolute atomic E-state index is 12.4. The molecule has 1 aromatic carbocycles. The highest BCUT2D eigenvalue weighted by Gasteiger charge is 2.22. The van der Waals surface area contributed by atoms with Crippen LogP contribution in [-0.2, 0) is 21.5 Å². The van der Waals surface area contributed by atoms with Crippen LogP contribution in [0.4, 0.5) is 0 Å². The predicted molar refractivity (Wildman–Crippen MR) is 96.3 cm³/mol. The molecule has 24 heavy (non-hydrogen) atoms. The van der Waals surface area contributed by atoms with Gasteiger partial charge in [-0.15, -0.1) is 0 Å². The van der Waals surface area contributed by atoms with Crippen molar-refractivity contribution < 1.29 is 17.4 Å². The van der Waals surface area contributed by atoms with Crippen LogP contribution in [0.5, 0.6) is 5.75 Å². The van der Waals surface area contributed by atoms with Crippen molar-refractivity contribution in [3.63, 3.8) is 0 Å². The number of hydrogen-bond donors (Lipinski definition) is 0. The highest BCUT2D eigenvalue weighted by atomic mass is 32.2. The average molecular weight is 356 g/mol. The summed E-state index contributed by atoms with van der Waals surface area (Å²) in [4.78, 5) is 14.3. The van der Waals surface area contributed by atoms with E-state index in [4.69, 9.17) is 4.18 Å². The lowest BCUT2D eigenvalue weighted by Gasteiger charge is -2.30. The first-order valence-electron chi connectivity index (χ1n) is 8.41. The summed E-state index contributed by atoms with van der Waals surface area (Å²) in [6.45, 7) is 11.5. The van der Waals surface area contributed by atoms with E-state index in [9.17, 15) is 13.2 Å². The van der Waals surface area contributed by atoms with E-state index in [2.05, 4.69) is 6.92 Å². The first kappa shape index (κ1) is 20.5.